The number of hydrogen-bond acceptors (Lipinski definition) is 8. The van der Waals surface area contributed by atoms with Gasteiger partial charge >= 0.3 is 7.60 Å². The van der Waals surface area contributed by atoms with Crippen molar-refractivity contribution in [2.24, 2.45) is 0 Å². The molecule has 0 fully saturated rings. The number of rotatable bonds is 9. The Balaban J connectivity index is 1.95. The average Bonchev–Trinajstić information content (AvgIpc) is 3.26. The van der Waals surface area contributed by atoms with Gasteiger partial charge in [-0.2, -0.15) is 0 Å². The number of hydrogen-bond donors (Lipinski definition) is 1. The Morgan fingerprint density at radius 3 is 2.39 bits per heavy atom. The van der Waals surface area contributed by atoms with Gasteiger partial charge in [-0.15, -0.1) is 0 Å². The highest BCUT2D eigenvalue weighted by Gasteiger charge is 2.40. The quantitative estimate of drug-likeness (QED) is 0.262. The zero-order valence-corrected chi connectivity index (χ0v) is 19.9. The summed E-state index contributed by atoms with van der Waals surface area (Å²) in [5.74, 6) is -0.844. The molecule has 0 bridgehead atoms. The minimum Gasteiger partial charge on any atom is -0.495 e. The van der Waals surface area contributed by atoms with Crippen molar-refractivity contribution in [3.63, 3.8) is 0 Å². The summed E-state index contributed by atoms with van der Waals surface area (Å²) in [7, 11) is -2.40. The predicted molar refractivity (Wildman–Crippen MR) is 127 cm³/mol. The number of halogens is 1. The molecule has 0 radical (unpaired) electrons. The van der Waals surface area contributed by atoms with Gasteiger partial charge in [0.2, 0.25) is 5.43 Å². The maximum atomic E-state index is 13.8. The molecule has 1 atom stereocenters. The Bertz CT molecular complexity index is 1370. The Morgan fingerprint density at radius 1 is 1.06 bits per heavy atom. The molecule has 0 saturated heterocycles. The second kappa shape index (κ2) is 9.61. The molecule has 174 valence electrons. The van der Waals surface area contributed by atoms with Crippen molar-refractivity contribution in [2.75, 3.05) is 25.6 Å². The van der Waals surface area contributed by atoms with Crippen molar-refractivity contribution in [3.05, 3.63) is 69.7 Å². The summed E-state index contributed by atoms with van der Waals surface area (Å²) in [4.78, 5) is 13.8. The molecule has 2 heterocycles. The highest BCUT2D eigenvalue weighted by molar-refractivity contribution is 7.54. The maximum Gasteiger partial charge on any atom is 0.357 e. The fourth-order valence-corrected chi connectivity index (χ4v) is 5.71. The summed E-state index contributed by atoms with van der Waals surface area (Å²) < 4.78 is 41.8. The topological polar surface area (TPSA) is 100 Å². The van der Waals surface area contributed by atoms with Gasteiger partial charge in [-0.25, -0.2) is 0 Å². The summed E-state index contributed by atoms with van der Waals surface area (Å²) in [5.41, 5.74) is 1.00. The van der Waals surface area contributed by atoms with Crippen LogP contribution in [0.1, 0.15) is 25.2 Å². The van der Waals surface area contributed by atoms with Crippen LogP contribution in [-0.2, 0) is 13.6 Å². The highest BCUT2D eigenvalue weighted by Crippen LogP contribution is 2.60. The third kappa shape index (κ3) is 4.39. The first-order valence-corrected chi connectivity index (χ1v) is 12.3. The standard InChI is InChI=1S/C23H23ClNO7P/c1-4-31-33(27,32-5-2)23(25-15-8-6-14(24)7-9-15)17-13-30-19-12-18-16(10-11-29-18)22(28-3)20(19)21(17)26/h6-13,23,25H,4-5H2,1-3H3. The van der Waals surface area contributed by atoms with Crippen molar-refractivity contribution in [2.45, 2.75) is 19.6 Å². The lowest BCUT2D eigenvalue weighted by atomic mass is 10.1. The molecule has 1 unspecified atom stereocenters. The van der Waals surface area contributed by atoms with Gasteiger partial charge in [-0.3, -0.25) is 9.36 Å². The number of nitrogens with one attached hydrogen (secondary N) is 1. The summed E-state index contributed by atoms with van der Waals surface area (Å²) in [5, 5.41) is 4.47. The van der Waals surface area contributed by atoms with Crippen LogP contribution in [0.25, 0.3) is 21.9 Å². The monoisotopic (exact) mass is 491 g/mol. The molecule has 2 aromatic heterocycles. The van der Waals surface area contributed by atoms with Crippen LogP contribution in [0.3, 0.4) is 0 Å². The molecule has 10 heteroatoms. The first kappa shape index (κ1) is 23.4. The molecule has 4 aromatic rings. The van der Waals surface area contributed by atoms with Crippen LogP contribution in [-0.4, -0.2) is 20.3 Å². The van der Waals surface area contributed by atoms with Crippen molar-refractivity contribution in [1.82, 2.24) is 0 Å². The average molecular weight is 492 g/mol. The van der Waals surface area contributed by atoms with E-state index in [2.05, 4.69) is 5.32 Å². The van der Waals surface area contributed by atoms with Crippen molar-refractivity contribution >= 4 is 46.8 Å². The zero-order chi connectivity index (χ0) is 23.6. The lowest BCUT2D eigenvalue weighted by Crippen LogP contribution is -2.22. The molecule has 0 amide bonds. The van der Waals surface area contributed by atoms with Crippen LogP contribution in [0, 0.1) is 0 Å². The van der Waals surface area contributed by atoms with E-state index < -0.39 is 18.8 Å². The van der Waals surface area contributed by atoms with Gasteiger partial charge in [-0.1, -0.05) is 11.6 Å². The lowest BCUT2D eigenvalue weighted by Gasteiger charge is -2.27. The predicted octanol–water partition coefficient (Wildman–Crippen LogP) is 6.58. The normalized spacial score (nSPS) is 12.8. The van der Waals surface area contributed by atoms with Gasteiger partial charge in [0.25, 0.3) is 0 Å². The highest BCUT2D eigenvalue weighted by atomic mass is 35.5. The van der Waals surface area contributed by atoms with E-state index >= 15 is 0 Å². The van der Waals surface area contributed by atoms with Crippen LogP contribution in [0.4, 0.5) is 5.69 Å². The molecule has 8 nitrogen and oxygen atoms in total. The minimum atomic E-state index is -3.86. The summed E-state index contributed by atoms with van der Waals surface area (Å²) in [6.07, 6.45) is 2.76. The van der Waals surface area contributed by atoms with E-state index in [9.17, 15) is 9.36 Å². The number of anilines is 1. The molecule has 33 heavy (non-hydrogen) atoms. The van der Waals surface area contributed by atoms with Crippen LogP contribution in [0.15, 0.2) is 62.6 Å². The molecule has 0 saturated carbocycles. The van der Waals surface area contributed by atoms with E-state index in [0.717, 1.165) is 0 Å². The van der Waals surface area contributed by atoms with Gasteiger partial charge in [0.1, 0.15) is 28.6 Å². The molecule has 1 N–H and O–H groups in total. The molecule has 0 aliphatic rings. The summed E-state index contributed by atoms with van der Waals surface area (Å²) in [6, 6.07) is 10.1. The van der Waals surface area contributed by atoms with E-state index in [1.807, 2.05) is 0 Å². The number of fused-ring (bicyclic) bond motifs is 2. The van der Waals surface area contributed by atoms with Crippen molar-refractivity contribution in [3.8, 4) is 5.75 Å². The van der Waals surface area contributed by atoms with E-state index in [-0.39, 0.29) is 29.7 Å². The summed E-state index contributed by atoms with van der Waals surface area (Å²) >= 11 is 6.00. The molecule has 2 aromatic carbocycles. The van der Waals surface area contributed by atoms with Gasteiger partial charge in [-0.05, 0) is 44.2 Å². The fourth-order valence-electron chi connectivity index (χ4n) is 3.67. The number of ether oxygens (including phenoxy) is 1. The molecular formula is C23H23ClNO7P. The third-order valence-electron chi connectivity index (χ3n) is 5.06. The first-order chi connectivity index (χ1) is 15.9. The third-order valence-corrected chi connectivity index (χ3v) is 7.59. The van der Waals surface area contributed by atoms with Crippen molar-refractivity contribution < 1.29 is 27.2 Å². The Kier molecular flexibility index (Phi) is 6.81. The second-order valence-corrected chi connectivity index (χ2v) is 9.61. The lowest BCUT2D eigenvalue weighted by molar-refractivity contribution is 0.214. The first-order valence-electron chi connectivity index (χ1n) is 10.3. The molecule has 0 spiro atoms. The van der Waals surface area contributed by atoms with Crippen molar-refractivity contribution in [1.29, 1.82) is 0 Å². The Hall–Kier alpha value is -2.77. The van der Waals surface area contributed by atoms with E-state index in [1.165, 1.54) is 19.6 Å². The van der Waals surface area contributed by atoms with Gasteiger partial charge in [0.15, 0.2) is 5.78 Å². The van der Waals surface area contributed by atoms with E-state index in [4.69, 9.17) is 34.2 Å². The van der Waals surface area contributed by atoms with E-state index in [0.29, 0.717) is 27.4 Å². The van der Waals surface area contributed by atoms with Gasteiger partial charge in [0.05, 0.1) is 37.5 Å². The maximum absolute atomic E-state index is 13.8. The SMILES string of the molecule is CCOP(=O)(OCC)C(Nc1ccc(Cl)cc1)c1coc2cc3occc3c(OC)c2c1=O. The second-order valence-electron chi connectivity index (χ2n) is 7.06. The zero-order valence-electron chi connectivity index (χ0n) is 18.3. The molecular weight excluding hydrogens is 469 g/mol. The number of furan rings is 1. The smallest absolute Gasteiger partial charge is 0.357 e. The Labute approximate surface area is 194 Å². The summed E-state index contributed by atoms with van der Waals surface area (Å²) in [6.45, 7) is 3.64. The van der Waals surface area contributed by atoms with E-state index in [1.54, 1.807) is 50.2 Å². The molecule has 4 rings (SSSR count). The minimum absolute atomic E-state index is 0.0730. The van der Waals surface area contributed by atoms with Gasteiger partial charge < -0.3 is 27.9 Å². The van der Waals surface area contributed by atoms with Crippen LogP contribution in [0.5, 0.6) is 5.75 Å². The van der Waals surface area contributed by atoms with Crippen LogP contribution < -0.4 is 15.5 Å². The van der Waals surface area contributed by atoms with Crippen LogP contribution in [0.2, 0.25) is 5.02 Å². The molecule has 0 aliphatic heterocycles. The van der Waals surface area contributed by atoms with Crippen LogP contribution >= 0.6 is 19.2 Å². The van der Waals surface area contributed by atoms with Gasteiger partial charge in [0, 0.05) is 16.8 Å². The largest absolute Gasteiger partial charge is 0.495 e. The fraction of sp³-hybridized carbons (Fsp3) is 0.261. The molecule has 0 aliphatic carbocycles. The number of methoxy groups -OCH3 is 1. The number of benzene rings is 2. The Morgan fingerprint density at radius 2 is 1.76 bits per heavy atom.